The zero-order chi connectivity index (χ0) is 26.4. The van der Waals surface area contributed by atoms with Crippen LogP contribution in [0, 0.1) is 23.6 Å². The topological polar surface area (TPSA) is 92.5 Å². The Balaban J connectivity index is 1.56. The summed E-state index contributed by atoms with van der Waals surface area (Å²) in [6.45, 7) is 5.79. The van der Waals surface area contributed by atoms with Crippen molar-refractivity contribution in [2.45, 2.75) is 65.3 Å². The molecule has 0 bridgehead atoms. The van der Waals surface area contributed by atoms with Gasteiger partial charge in [-0.05, 0) is 69.9 Å². The van der Waals surface area contributed by atoms with Crippen molar-refractivity contribution >= 4 is 40.9 Å². The number of hydrogen-bond acceptors (Lipinski definition) is 4. The second-order valence-electron chi connectivity index (χ2n) is 10.8. The van der Waals surface area contributed by atoms with Crippen LogP contribution in [0.5, 0.6) is 0 Å². The number of carbonyl (C=O) groups excluding carboxylic acids is 2. The Morgan fingerprint density at radius 3 is 2.25 bits per heavy atom. The Labute approximate surface area is 219 Å². The molecule has 2 aliphatic rings. The summed E-state index contributed by atoms with van der Waals surface area (Å²) in [6.07, 6.45) is 5.80. The van der Waals surface area contributed by atoms with Gasteiger partial charge < -0.3 is 10.0 Å². The molecule has 1 aromatic carbocycles. The Morgan fingerprint density at radius 1 is 1.14 bits per heavy atom. The van der Waals surface area contributed by atoms with Gasteiger partial charge in [0, 0.05) is 12.2 Å². The normalized spacial score (nSPS) is 22.8. The lowest BCUT2D eigenvalue weighted by atomic mass is 9.74. The van der Waals surface area contributed by atoms with Crippen LogP contribution in [0.25, 0.3) is 0 Å². The SMILES string of the molecule is Cc1c(C(=O)N(CC(=O)c2c(Cl)cc(F)cc2Cl)CC2(C)CC2)cnn1[C@H]1CC[C@](C)(C(=O)O)CC1. The van der Waals surface area contributed by atoms with E-state index in [1.54, 1.807) is 11.6 Å². The van der Waals surface area contributed by atoms with E-state index in [1.165, 1.54) is 11.1 Å². The molecule has 2 fully saturated rings. The fraction of sp³-hybridized carbons (Fsp3) is 0.538. The van der Waals surface area contributed by atoms with Crippen LogP contribution in [0.4, 0.5) is 4.39 Å². The van der Waals surface area contributed by atoms with Crippen molar-refractivity contribution in [3.05, 3.63) is 51.0 Å². The molecule has 0 saturated heterocycles. The maximum absolute atomic E-state index is 13.7. The van der Waals surface area contributed by atoms with Crippen LogP contribution >= 0.6 is 23.2 Å². The number of carboxylic acid groups (broad SMARTS) is 1. The van der Waals surface area contributed by atoms with Gasteiger partial charge in [0.05, 0.1) is 45.4 Å². The Bertz CT molecular complexity index is 1190. The Morgan fingerprint density at radius 2 is 1.72 bits per heavy atom. The van der Waals surface area contributed by atoms with Gasteiger partial charge in [0.2, 0.25) is 0 Å². The van der Waals surface area contributed by atoms with E-state index in [0.29, 0.717) is 43.5 Å². The van der Waals surface area contributed by atoms with Crippen molar-refractivity contribution in [2.75, 3.05) is 13.1 Å². The molecular formula is C26H30Cl2FN3O4. The molecule has 0 radical (unpaired) electrons. The molecule has 0 spiro atoms. The zero-order valence-electron chi connectivity index (χ0n) is 20.6. The summed E-state index contributed by atoms with van der Waals surface area (Å²) in [5, 5.41) is 13.8. The summed E-state index contributed by atoms with van der Waals surface area (Å²) in [6, 6.07) is 2.07. The van der Waals surface area contributed by atoms with Gasteiger partial charge in [-0.3, -0.25) is 19.1 Å². The molecule has 1 aromatic heterocycles. The number of benzene rings is 1. The second kappa shape index (κ2) is 9.78. The van der Waals surface area contributed by atoms with Gasteiger partial charge in [-0.25, -0.2) is 4.39 Å². The molecule has 1 N–H and O–H groups in total. The standard InChI is InChI=1S/C26H30Cl2FN3O4/c1-15-18(12-30-32(15)17-4-6-26(3,7-5-17)24(35)36)23(34)31(14-25(2)8-9-25)13-21(33)22-19(27)10-16(29)11-20(22)28/h10-12,17H,4-9,13-14H2,1-3H3,(H,35,36)/t17-,26-. The fourth-order valence-corrected chi connectivity index (χ4v) is 5.63. The van der Waals surface area contributed by atoms with Crippen molar-refractivity contribution in [1.29, 1.82) is 0 Å². The highest BCUT2D eigenvalue weighted by molar-refractivity contribution is 6.40. The molecule has 1 amide bonds. The lowest BCUT2D eigenvalue weighted by molar-refractivity contribution is -0.150. The van der Waals surface area contributed by atoms with Crippen LogP contribution in [0.2, 0.25) is 10.0 Å². The van der Waals surface area contributed by atoms with Gasteiger partial charge in [-0.2, -0.15) is 5.10 Å². The third kappa shape index (κ3) is 5.30. The van der Waals surface area contributed by atoms with Crippen LogP contribution < -0.4 is 0 Å². The highest BCUT2D eigenvalue weighted by Crippen LogP contribution is 2.46. The minimum atomic E-state index is -0.788. The molecule has 2 saturated carbocycles. The first-order valence-electron chi connectivity index (χ1n) is 12.1. The molecule has 10 heteroatoms. The van der Waals surface area contributed by atoms with E-state index >= 15 is 0 Å². The number of aromatic nitrogens is 2. The van der Waals surface area contributed by atoms with Gasteiger partial charge in [0.15, 0.2) is 5.78 Å². The van der Waals surface area contributed by atoms with Crippen LogP contribution in [0.1, 0.15) is 84.8 Å². The number of nitrogens with zero attached hydrogens (tertiary/aromatic N) is 3. The molecule has 0 aliphatic heterocycles. The molecule has 0 unspecified atom stereocenters. The monoisotopic (exact) mass is 537 g/mol. The van der Waals surface area contributed by atoms with Crippen LogP contribution in [-0.4, -0.2) is 50.5 Å². The smallest absolute Gasteiger partial charge is 0.309 e. The summed E-state index contributed by atoms with van der Waals surface area (Å²) in [4.78, 5) is 39.9. The number of ketones is 1. The number of carbonyl (C=O) groups is 3. The van der Waals surface area contributed by atoms with E-state index in [4.69, 9.17) is 23.2 Å². The molecule has 0 atom stereocenters. The summed E-state index contributed by atoms with van der Waals surface area (Å²) >= 11 is 12.2. The third-order valence-corrected chi connectivity index (χ3v) is 8.38. The third-order valence-electron chi connectivity index (χ3n) is 7.78. The highest BCUT2D eigenvalue weighted by Gasteiger charge is 2.42. The van der Waals surface area contributed by atoms with Crippen LogP contribution in [0.15, 0.2) is 18.3 Å². The van der Waals surface area contributed by atoms with Crippen LogP contribution in [0.3, 0.4) is 0 Å². The number of Topliss-reactive ketones (excluding diaryl/α,β-unsaturated/α-hetero) is 1. The van der Waals surface area contributed by atoms with Gasteiger partial charge in [-0.15, -0.1) is 0 Å². The van der Waals surface area contributed by atoms with Crippen molar-refractivity contribution in [1.82, 2.24) is 14.7 Å². The average molecular weight is 538 g/mol. The van der Waals surface area contributed by atoms with Crippen molar-refractivity contribution < 1.29 is 23.9 Å². The quantitative estimate of drug-likeness (QED) is 0.418. The lowest BCUT2D eigenvalue weighted by Gasteiger charge is -2.34. The number of carboxylic acids is 1. The van der Waals surface area contributed by atoms with E-state index in [2.05, 4.69) is 12.0 Å². The maximum Gasteiger partial charge on any atom is 0.309 e. The Kier molecular flexibility index (Phi) is 7.23. The average Bonchev–Trinajstić information content (AvgIpc) is 3.39. The van der Waals surface area contributed by atoms with E-state index < -0.39 is 23.0 Å². The van der Waals surface area contributed by atoms with E-state index in [1.807, 2.05) is 6.92 Å². The first-order valence-corrected chi connectivity index (χ1v) is 12.8. The molecular weight excluding hydrogens is 508 g/mol. The number of rotatable bonds is 8. The largest absolute Gasteiger partial charge is 0.481 e. The molecule has 2 aromatic rings. The molecule has 36 heavy (non-hydrogen) atoms. The minimum Gasteiger partial charge on any atom is -0.481 e. The van der Waals surface area contributed by atoms with Crippen molar-refractivity contribution in [3.63, 3.8) is 0 Å². The molecule has 1 heterocycles. The number of amides is 1. The van der Waals surface area contributed by atoms with Gasteiger partial charge in [0.25, 0.3) is 5.91 Å². The minimum absolute atomic E-state index is 0.00501. The predicted molar refractivity (Wildman–Crippen MR) is 134 cm³/mol. The molecule has 4 rings (SSSR count). The molecule has 7 nitrogen and oxygen atoms in total. The lowest BCUT2D eigenvalue weighted by Crippen LogP contribution is -2.39. The first-order chi connectivity index (χ1) is 16.8. The van der Waals surface area contributed by atoms with E-state index in [-0.39, 0.29) is 39.5 Å². The second-order valence-corrected chi connectivity index (χ2v) is 11.6. The van der Waals surface area contributed by atoms with Crippen molar-refractivity contribution in [2.24, 2.45) is 10.8 Å². The Hall–Kier alpha value is -2.45. The highest BCUT2D eigenvalue weighted by atomic mass is 35.5. The summed E-state index contributed by atoms with van der Waals surface area (Å²) in [5.74, 6) is -2.22. The summed E-state index contributed by atoms with van der Waals surface area (Å²) in [7, 11) is 0. The van der Waals surface area contributed by atoms with Gasteiger partial charge >= 0.3 is 5.97 Å². The molecule has 2 aliphatic carbocycles. The molecule has 194 valence electrons. The summed E-state index contributed by atoms with van der Waals surface area (Å²) < 4.78 is 15.4. The number of halogens is 3. The number of aliphatic carboxylic acids is 1. The maximum atomic E-state index is 13.7. The van der Waals surface area contributed by atoms with Gasteiger partial charge in [-0.1, -0.05) is 30.1 Å². The van der Waals surface area contributed by atoms with Gasteiger partial charge in [0.1, 0.15) is 5.82 Å². The van der Waals surface area contributed by atoms with E-state index in [0.717, 1.165) is 25.0 Å². The van der Waals surface area contributed by atoms with E-state index in [9.17, 15) is 23.9 Å². The fourth-order valence-electron chi connectivity index (χ4n) is 4.96. The van der Waals surface area contributed by atoms with Crippen LogP contribution in [-0.2, 0) is 4.79 Å². The predicted octanol–water partition coefficient (Wildman–Crippen LogP) is 5.97. The van der Waals surface area contributed by atoms with Crippen molar-refractivity contribution in [3.8, 4) is 0 Å². The first kappa shape index (κ1) is 26.6. The number of hydrogen-bond donors (Lipinski definition) is 1. The summed E-state index contributed by atoms with van der Waals surface area (Å²) in [5.41, 5.74) is 0.265. The zero-order valence-corrected chi connectivity index (χ0v) is 22.1.